The summed E-state index contributed by atoms with van der Waals surface area (Å²) in [5.41, 5.74) is 0.0152. The highest BCUT2D eigenvalue weighted by Gasteiger charge is 2.38. The Morgan fingerprint density at radius 2 is 2.00 bits per heavy atom. The van der Waals surface area contributed by atoms with Gasteiger partial charge in [-0.2, -0.15) is 0 Å². The van der Waals surface area contributed by atoms with Gasteiger partial charge in [-0.15, -0.1) is 0 Å². The number of nitrogens with one attached hydrogen (secondary N) is 1. The van der Waals surface area contributed by atoms with Gasteiger partial charge in [0.15, 0.2) is 9.84 Å². The van der Waals surface area contributed by atoms with Crippen LogP contribution in [0.2, 0.25) is 0 Å². The molecule has 0 aromatic rings. The molecule has 0 aromatic carbocycles. The molecule has 0 unspecified atom stereocenters. The maximum absolute atomic E-state index is 11.9. The van der Waals surface area contributed by atoms with Crippen LogP contribution < -0.4 is 5.32 Å². The van der Waals surface area contributed by atoms with E-state index in [0.29, 0.717) is 19.8 Å². The molecule has 1 rings (SSSR count). The lowest BCUT2D eigenvalue weighted by molar-refractivity contribution is -0.121. The van der Waals surface area contributed by atoms with E-state index in [0.717, 1.165) is 19.3 Å². The fourth-order valence-electron chi connectivity index (χ4n) is 2.20. The van der Waals surface area contributed by atoms with Gasteiger partial charge < -0.3 is 10.1 Å². The van der Waals surface area contributed by atoms with Crippen molar-refractivity contribution in [2.75, 3.05) is 25.5 Å². The van der Waals surface area contributed by atoms with Crippen molar-refractivity contribution < 1.29 is 17.9 Å². The van der Waals surface area contributed by atoms with Crippen LogP contribution in [-0.2, 0) is 19.4 Å². The first-order valence-corrected chi connectivity index (χ1v) is 8.65. The van der Waals surface area contributed by atoms with Gasteiger partial charge >= 0.3 is 0 Å². The van der Waals surface area contributed by atoms with Gasteiger partial charge in [0.1, 0.15) is 5.25 Å². The number of hydrogen-bond donors (Lipinski definition) is 1. The minimum absolute atomic E-state index is 0.00826. The van der Waals surface area contributed by atoms with Crippen molar-refractivity contribution in [2.24, 2.45) is 5.41 Å². The number of amides is 1. The molecule has 1 fully saturated rings. The van der Waals surface area contributed by atoms with Gasteiger partial charge in [-0.25, -0.2) is 8.42 Å². The van der Waals surface area contributed by atoms with Crippen molar-refractivity contribution in [1.29, 1.82) is 0 Å². The normalized spacial score (nSPS) is 19.5. The number of sulfone groups is 1. The summed E-state index contributed by atoms with van der Waals surface area (Å²) in [6, 6.07) is 0. The monoisotopic (exact) mass is 291 g/mol. The molecule has 0 aliphatic heterocycles. The Bertz CT molecular complexity index is 401. The van der Waals surface area contributed by atoms with Crippen molar-refractivity contribution in [2.45, 2.75) is 45.3 Å². The van der Waals surface area contributed by atoms with Gasteiger partial charge in [-0.1, -0.05) is 13.3 Å². The Hall–Kier alpha value is -0.620. The Balaban J connectivity index is 2.49. The van der Waals surface area contributed by atoms with E-state index < -0.39 is 21.0 Å². The van der Waals surface area contributed by atoms with Gasteiger partial charge in [-0.05, 0) is 26.7 Å². The van der Waals surface area contributed by atoms with Crippen LogP contribution in [0.5, 0.6) is 0 Å². The van der Waals surface area contributed by atoms with Crippen LogP contribution >= 0.6 is 0 Å². The highest BCUT2D eigenvalue weighted by molar-refractivity contribution is 7.92. The van der Waals surface area contributed by atoms with E-state index in [-0.39, 0.29) is 11.2 Å². The van der Waals surface area contributed by atoms with E-state index in [2.05, 4.69) is 5.32 Å². The van der Waals surface area contributed by atoms with Gasteiger partial charge in [0, 0.05) is 24.3 Å². The second-order valence-electron chi connectivity index (χ2n) is 5.30. The van der Waals surface area contributed by atoms with Gasteiger partial charge in [0.2, 0.25) is 5.91 Å². The standard InChI is InChI=1S/C13H25NO4S/c1-4-18-10-13(7-6-8-13)9-14-12(15)11(3)19(16,17)5-2/h11H,4-10H2,1-3H3,(H,14,15)/t11-/m1/s1. The molecule has 112 valence electrons. The van der Waals surface area contributed by atoms with Crippen LogP contribution in [0.15, 0.2) is 0 Å². The van der Waals surface area contributed by atoms with E-state index in [4.69, 9.17) is 4.74 Å². The quantitative estimate of drug-likeness (QED) is 0.727. The van der Waals surface area contributed by atoms with Gasteiger partial charge in [0.05, 0.1) is 6.61 Å². The fraction of sp³-hybridized carbons (Fsp3) is 0.923. The Kier molecular flexibility index (Phi) is 5.80. The van der Waals surface area contributed by atoms with E-state index >= 15 is 0 Å². The molecule has 5 nitrogen and oxygen atoms in total. The maximum atomic E-state index is 11.9. The molecule has 0 bridgehead atoms. The summed E-state index contributed by atoms with van der Waals surface area (Å²) in [5, 5.41) is 1.81. The molecule has 0 radical (unpaired) electrons. The minimum atomic E-state index is -3.31. The SMILES string of the molecule is CCOCC1(CNC(=O)[C@@H](C)S(=O)(=O)CC)CCC1. The first-order chi connectivity index (χ1) is 8.87. The highest BCUT2D eigenvalue weighted by atomic mass is 32.2. The molecule has 0 heterocycles. The van der Waals surface area contributed by atoms with E-state index in [1.165, 1.54) is 6.92 Å². The van der Waals surface area contributed by atoms with Crippen LogP contribution in [0.25, 0.3) is 0 Å². The molecule has 0 spiro atoms. The Morgan fingerprint density at radius 3 is 2.42 bits per heavy atom. The molecule has 0 aromatic heterocycles. The lowest BCUT2D eigenvalue weighted by Crippen LogP contribution is -2.48. The molecular formula is C13H25NO4S. The van der Waals surface area contributed by atoms with E-state index in [9.17, 15) is 13.2 Å². The van der Waals surface area contributed by atoms with Gasteiger partial charge in [0.25, 0.3) is 0 Å². The Morgan fingerprint density at radius 1 is 1.37 bits per heavy atom. The van der Waals surface area contributed by atoms with Crippen LogP contribution in [0.3, 0.4) is 0 Å². The smallest absolute Gasteiger partial charge is 0.238 e. The zero-order valence-corrected chi connectivity index (χ0v) is 12.9. The topological polar surface area (TPSA) is 72.5 Å². The largest absolute Gasteiger partial charge is 0.381 e. The molecule has 19 heavy (non-hydrogen) atoms. The number of carbonyl (C=O) groups is 1. The second kappa shape index (κ2) is 6.70. The summed E-state index contributed by atoms with van der Waals surface area (Å²) >= 11 is 0. The second-order valence-corrected chi connectivity index (χ2v) is 7.91. The number of ether oxygens (including phenoxy) is 1. The summed E-state index contributed by atoms with van der Waals surface area (Å²) in [4.78, 5) is 11.9. The lowest BCUT2D eigenvalue weighted by Gasteiger charge is -2.41. The zero-order chi connectivity index (χ0) is 14.5. The first-order valence-electron chi connectivity index (χ1n) is 6.94. The van der Waals surface area contributed by atoms with Crippen LogP contribution in [0, 0.1) is 5.41 Å². The Labute approximate surface area is 116 Å². The molecule has 0 saturated heterocycles. The first kappa shape index (κ1) is 16.4. The van der Waals surface area contributed by atoms with Crippen molar-refractivity contribution in [3.8, 4) is 0 Å². The average molecular weight is 291 g/mol. The fourth-order valence-corrected chi connectivity index (χ4v) is 3.11. The molecule has 1 saturated carbocycles. The minimum Gasteiger partial charge on any atom is -0.381 e. The van der Waals surface area contributed by atoms with Crippen molar-refractivity contribution in [1.82, 2.24) is 5.32 Å². The van der Waals surface area contributed by atoms with Crippen LogP contribution in [-0.4, -0.2) is 45.1 Å². The van der Waals surface area contributed by atoms with Crippen molar-refractivity contribution in [3.05, 3.63) is 0 Å². The third-order valence-corrected chi connectivity index (χ3v) is 6.07. The number of rotatable bonds is 8. The average Bonchev–Trinajstić information content (AvgIpc) is 2.35. The molecular weight excluding hydrogens is 266 g/mol. The molecule has 1 aliphatic carbocycles. The molecule has 1 amide bonds. The molecule has 1 aliphatic rings. The summed E-state index contributed by atoms with van der Waals surface area (Å²) in [6.07, 6.45) is 3.20. The summed E-state index contributed by atoms with van der Waals surface area (Å²) in [7, 11) is -3.31. The summed E-state index contributed by atoms with van der Waals surface area (Å²) in [6.45, 7) is 6.76. The lowest BCUT2D eigenvalue weighted by atomic mass is 9.69. The molecule has 1 atom stereocenters. The highest BCUT2D eigenvalue weighted by Crippen LogP contribution is 2.40. The zero-order valence-electron chi connectivity index (χ0n) is 12.1. The summed E-state index contributed by atoms with van der Waals surface area (Å²) in [5.74, 6) is -0.407. The predicted octanol–water partition coefficient (Wildman–Crippen LogP) is 1.13. The van der Waals surface area contributed by atoms with E-state index in [1.54, 1.807) is 6.92 Å². The van der Waals surface area contributed by atoms with E-state index in [1.807, 2.05) is 6.92 Å². The third-order valence-electron chi connectivity index (χ3n) is 3.97. The van der Waals surface area contributed by atoms with Crippen molar-refractivity contribution in [3.63, 3.8) is 0 Å². The third kappa shape index (κ3) is 4.18. The van der Waals surface area contributed by atoms with Crippen LogP contribution in [0.4, 0.5) is 0 Å². The maximum Gasteiger partial charge on any atom is 0.238 e. The predicted molar refractivity (Wildman–Crippen MR) is 74.7 cm³/mol. The van der Waals surface area contributed by atoms with Gasteiger partial charge in [-0.3, -0.25) is 4.79 Å². The summed E-state index contributed by atoms with van der Waals surface area (Å²) < 4.78 is 28.7. The molecule has 6 heteroatoms. The number of carbonyl (C=O) groups excluding carboxylic acids is 1. The molecule has 1 N–H and O–H groups in total. The van der Waals surface area contributed by atoms with Crippen molar-refractivity contribution >= 4 is 15.7 Å². The number of hydrogen-bond acceptors (Lipinski definition) is 4. The van der Waals surface area contributed by atoms with Crippen LogP contribution in [0.1, 0.15) is 40.0 Å².